The lowest BCUT2D eigenvalue weighted by Gasteiger charge is -2.13. The summed E-state index contributed by atoms with van der Waals surface area (Å²) in [4.78, 5) is 13.4. The second-order valence-electron chi connectivity index (χ2n) is 5.05. The molecule has 0 unspecified atom stereocenters. The number of carbonyl (C=O) groups excluding carboxylic acids is 1. The number of nitrogens with one attached hydrogen (secondary N) is 1. The first-order valence-electron chi connectivity index (χ1n) is 7.09. The highest BCUT2D eigenvalue weighted by Gasteiger charge is 2.16. The molecule has 1 N–H and O–H groups in total. The fraction of sp³-hybridized carbons (Fsp3) is 0.312. The molecule has 0 fully saturated rings. The molecule has 116 valence electrons. The molecule has 6 heteroatoms. The summed E-state index contributed by atoms with van der Waals surface area (Å²) in [5, 5.41) is 2.96. The van der Waals surface area contributed by atoms with Gasteiger partial charge in [0.2, 0.25) is 0 Å². The van der Waals surface area contributed by atoms with Crippen LogP contribution in [-0.4, -0.2) is 19.1 Å². The van der Waals surface area contributed by atoms with Gasteiger partial charge in [0, 0.05) is 16.9 Å². The van der Waals surface area contributed by atoms with E-state index in [0.717, 1.165) is 11.3 Å². The van der Waals surface area contributed by atoms with Crippen molar-refractivity contribution in [3.63, 3.8) is 0 Å². The molecule has 1 atom stereocenters. The van der Waals surface area contributed by atoms with Crippen LogP contribution in [0.2, 0.25) is 4.34 Å². The lowest BCUT2D eigenvalue weighted by molar-refractivity contribution is 0.0940. The first-order chi connectivity index (χ1) is 10.6. The van der Waals surface area contributed by atoms with E-state index in [9.17, 15) is 4.79 Å². The summed E-state index contributed by atoms with van der Waals surface area (Å²) in [5.41, 5.74) is 0.554. The second-order valence-corrected chi connectivity index (χ2v) is 6.80. The van der Waals surface area contributed by atoms with Crippen LogP contribution in [0, 0.1) is 0 Å². The van der Waals surface area contributed by atoms with Gasteiger partial charge in [0.25, 0.3) is 5.91 Å². The Kier molecular flexibility index (Phi) is 4.55. The number of amides is 1. The maximum Gasteiger partial charge on any atom is 0.251 e. The molecule has 2 aromatic rings. The van der Waals surface area contributed by atoms with Crippen molar-refractivity contribution >= 4 is 28.8 Å². The van der Waals surface area contributed by atoms with Gasteiger partial charge in [0.05, 0.1) is 23.6 Å². The molecule has 22 heavy (non-hydrogen) atoms. The molecular weight excluding hydrogens is 322 g/mol. The topological polar surface area (TPSA) is 47.6 Å². The van der Waals surface area contributed by atoms with Gasteiger partial charge in [0.1, 0.15) is 0 Å². The zero-order valence-electron chi connectivity index (χ0n) is 12.1. The summed E-state index contributed by atoms with van der Waals surface area (Å²) in [6.45, 7) is 3.17. The minimum absolute atomic E-state index is 0.0963. The Bertz CT molecular complexity index is 686. The summed E-state index contributed by atoms with van der Waals surface area (Å²) in [6, 6.07) is 8.91. The number of halogens is 1. The van der Waals surface area contributed by atoms with E-state index in [-0.39, 0.29) is 11.9 Å². The molecule has 0 spiro atoms. The predicted molar refractivity (Wildman–Crippen MR) is 87.3 cm³/mol. The average molecular weight is 338 g/mol. The Balaban J connectivity index is 1.73. The van der Waals surface area contributed by atoms with Gasteiger partial charge in [-0.1, -0.05) is 11.6 Å². The molecule has 4 nitrogen and oxygen atoms in total. The smallest absolute Gasteiger partial charge is 0.251 e. The van der Waals surface area contributed by atoms with Gasteiger partial charge in [-0.15, -0.1) is 11.3 Å². The molecule has 0 bridgehead atoms. The number of fused-ring (bicyclic) bond motifs is 1. The van der Waals surface area contributed by atoms with Crippen LogP contribution in [0.1, 0.15) is 34.6 Å². The number of benzene rings is 1. The molecule has 1 aliphatic heterocycles. The largest absolute Gasteiger partial charge is 0.490 e. The van der Waals surface area contributed by atoms with Crippen LogP contribution >= 0.6 is 22.9 Å². The zero-order chi connectivity index (χ0) is 15.5. The molecule has 1 amide bonds. The molecule has 0 radical (unpaired) electrons. The van der Waals surface area contributed by atoms with Crippen LogP contribution in [0.3, 0.4) is 0 Å². The van der Waals surface area contributed by atoms with Crippen LogP contribution in [0.15, 0.2) is 30.3 Å². The SMILES string of the molecule is C[C@H](NC(=O)c1ccc2c(c1)OCCCO2)c1ccc(Cl)s1. The van der Waals surface area contributed by atoms with Gasteiger partial charge >= 0.3 is 0 Å². The Morgan fingerprint density at radius 3 is 2.73 bits per heavy atom. The second kappa shape index (κ2) is 6.58. The summed E-state index contributed by atoms with van der Waals surface area (Å²) in [7, 11) is 0. The van der Waals surface area contributed by atoms with Crippen molar-refractivity contribution in [1.29, 1.82) is 0 Å². The van der Waals surface area contributed by atoms with Crippen LogP contribution < -0.4 is 14.8 Å². The third kappa shape index (κ3) is 3.36. The lowest BCUT2D eigenvalue weighted by Crippen LogP contribution is -2.26. The molecule has 1 aliphatic rings. The number of hydrogen-bond donors (Lipinski definition) is 1. The van der Waals surface area contributed by atoms with Crippen molar-refractivity contribution in [1.82, 2.24) is 5.32 Å². The molecule has 0 saturated carbocycles. The van der Waals surface area contributed by atoms with E-state index in [0.29, 0.717) is 34.6 Å². The number of hydrogen-bond acceptors (Lipinski definition) is 4. The van der Waals surface area contributed by atoms with Gasteiger partial charge in [-0.2, -0.15) is 0 Å². The lowest BCUT2D eigenvalue weighted by atomic mass is 10.1. The first kappa shape index (κ1) is 15.2. The fourth-order valence-electron chi connectivity index (χ4n) is 2.22. The average Bonchev–Trinajstić information content (AvgIpc) is 2.81. The summed E-state index contributed by atoms with van der Waals surface area (Å²) in [6.07, 6.45) is 0.840. The van der Waals surface area contributed by atoms with Crippen molar-refractivity contribution in [3.8, 4) is 11.5 Å². The van der Waals surface area contributed by atoms with E-state index in [2.05, 4.69) is 5.32 Å². The predicted octanol–water partition coefficient (Wildman–Crippen LogP) is 4.05. The van der Waals surface area contributed by atoms with Gasteiger partial charge in [-0.3, -0.25) is 4.79 Å². The molecular formula is C16H16ClNO3S. The van der Waals surface area contributed by atoms with E-state index in [1.807, 2.05) is 19.1 Å². The highest BCUT2D eigenvalue weighted by molar-refractivity contribution is 7.16. The number of ether oxygens (including phenoxy) is 2. The Morgan fingerprint density at radius 1 is 1.23 bits per heavy atom. The van der Waals surface area contributed by atoms with E-state index in [4.69, 9.17) is 21.1 Å². The van der Waals surface area contributed by atoms with Gasteiger partial charge in [-0.25, -0.2) is 0 Å². The van der Waals surface area contributed by atoms with Crippen molar-refractivity contribution in [3.05, 3.63) is 45.1 Å². The Morgan fingerprint density at radius 2 is 2.00 bits per heavy atom. The minimum atomic E-state index is -0.146. The van der Waals surface area contributed by atoms with Crippen molar-refractivity contribution in [2.45, 2.75) is 19.4 Å². The van der Waals surface area contributed by atoms with E-state index in [1.54, 1.807) is 18.2 Å². The van der Waals surface area contributed by atoms with Gasteiger partial charge < -0.3 is 14.8 Å². The number of rotatable bonds is 3. The van der Waals surface area contributed by atoms with Crippen LogP contribution in [0.5, 0.6) is 11.5 Å². The van der Waals surface area contributed by atoms with E-state index in [1.165, 1.54) is 11.3 Å². The Hall–Kier alpha value is -1.72. The quantitative estimate of drug-likeness (QED) is 0.919. The number of carbonyl (C=O) groups is 1. The maximum absolute atomic E-state index is 12.4. The van der Waals surface area contributed by atoms with Crippen molar-refractivity contribution in [2.75, 3.05) is 13.2 Å². The van der Waals surface area contributed by atoms with E-state index >= 15 is 0 Å². The first-order valence-corrected chi connectivity index (χ1v) is 8.28. The summed E-state index contributed by atoms with van der Waals surface area (Å²) >= 11 is 7.39. The van der Waals surface area contributed by atoms with Crippen molar-refractivity contribution in [2.24, 2.45) is 0 Å². The number of thiophene rings is 1. The monoisotopic (exact) mass is 337 g/mol. The normalized spacial score (nSPS) is 15.0. The van der Waals surface area contributed by atoms with Crippen LogP contribution in [-0.2, 0) is 0 Å². The Labute approximate surface area is 138 Å². The van der Waals surface area contributed by atoms with Crippen LogP contribution in [0.25, 0.3) is 0 Å². The van der Waals surface area contributed by atoms with E-state index < -0.39 is 0 Å². The zero-order valence-corrected chi connectivity index (χ0v) is 13.7. The van der Waals surface area contributed by atoms with Gasteiger partial charge in [0.15, 0.2) is 11.5 Å². The molecule has 1 aromatic heterocycles. The minimum Gasteiger partial charge on any atom is -0.490 e. The molecule has 2 heterocycles. The highest BCUT2D eigenvalue weighted by Crippen LogP contribution is 2.31. The summed E-state index contributed by atoms with van der Waals surface area (Å²) < 4.78 is 11.9. The van der Waals surface area contributed by atoms with Gasteiger partial charge in [-0.05, 0) is 37.3 Å². The third-order valence-corrected chi connectivity index (χ3v) is 4.79. The third-order valence-electron chi connectivity index (χ3n) is 3.38. The molecule has 1 aromatic carbocycles. The summed E-state index contributed by atoms with van der Waals surface area (Å²) in [5.74, 6) is 1.16. The molecule has 3 rings (SSSR count). The highest BCUT2D eigenvalue weighted by atomic mass is 35.5. The standard InChI is InChI=1S/C16H16ClNO3S/c1-10(14-5-6-15(17)22-14)18-16(19)11-3-4-12-13(9-11)21-8-2-7-20-12/h3-6,9-10H,2,7-8H2,1H3,(H,18,19)/t10-/m0/s1. The van der Waals surface area contributed by atoms with Crippen molar-refractivity contribution < 1.29 is 14.3 Å². The fourth-order valence-corrected chi connectivity index (χ4v) is 3.28. The maximum atomic E-state index is 12.4. The molecule has 0 aliphatic carbocycles. The molecule has 0 saturated heterocycles. The van der Waals surface area contributed by atoms with Crippen LogP contribution in [0.4, 0.5) is 0 Å².